The van der Waals surface area contributed by atoms with Crippen molar-refractivity contribution in [3.8, 4) is 11.5 Å². The summed E-state index contributed by atoms with van der Waals surface area (Å²) >= 11 is 13.9. The van der Waals surface area contributed by atoms with E-state index in [1.807, 2.05) is 29.8 Å². The molecule has 0 saturated carbocycles. The van der Waals surface area contributed by atoms with Gasteiger partial charge in [-0.15, -0.1) is 10.2 Å². The SMILES string of the molecule is Cn1c(Cc2nc(-c3cnccn3)no2)nnc1SCc1c(Cl)cccc1Cl. The number of hydrogen-bond acceptors (Lipinski definition) is 8. The highest BCUT2D eigenvalue weighted by atomic mass is 35.5. The predicted octanol–water partition coefficient (Wildman–Crippen LogP) is 3.85. The van der Waals surface area contributed by atoms with Gasteiger partial charge >= 0.3 is 0 Å². The van der Waals surface area contributed by atoms with Gasteiger partial charge < -0.3 is 9.09 Å². The first-order chi connectivity index (χ1) is 13.6. The fourth-order valence-corrected chi connectivity index (χ4v) is 4.08. The topological polar surface area (TPSA) is 95.4 Å². The van der Waals surface area contributed by atoms with Gasteiger partial charge in [-0.1, -0.05) is 46.2 Å². The lowest BCUT2D eigenvalue weighted by Crippen LogP contribution is -2.01. The predicted molar refractivity (Wildman–Crippen MR) is 105 cm³/mol. The summed E-state index contributed by atoms with van der Waals surface area (Å²) in [5.41, 5.74) is 1.41. The van der Waals surface area contributed by atoms with Crippen molar-refractivity contribution < 1.29 is 4.52 Å². The second kappa shape index (κ2) is 8.26. The van der Waals surface area contributed by atoms with Crippen LogP contribution in [0.25, 0.3) is 11.5 Å². The molecule has 8 nitrogen and oxygen atoms in total. The Kier molecular flexibility index (Phi) is 5.56. The van der Waals surface area contributed by atoms with Crippen molar-refractivity contribution in [2.24, 2.45) is 7.05 Å². The van der Waals surface area contributed by atoms with Gasteiger partial charge in [-0.3, -0.25) is 4.98 Å². The molecule has 28 heavy (non-hydrogen) atoms. The van der Waals surface area contributed by atoms with E-state index >= 15 is 0 Å². The Labute approximate surface area is 174 Å². The van der Waals surface area contributed by atoms with Crippen LogP contribution < -0.4 is 0 Å². The monoisotopic (exact) mass is 433 g/mol. The number of hydrogen-bond donors (Lipinski definition) is 0. The summed E-state index contributed by atoms with van der Waals surface area (Å²) in [6.45, 7) is 0. The summed E-state index contributed by atoms with van der Waals surface area (Å²) in [6, 6.07) is 5.45. The molecular formula is C17H13Cl2N7OS. The third-order valence-corrected chi connectivity index (χ3v) is 5.66. The minimum atomic E-state index is 0.351. The molecule has 11 heteroatoms. The lowest BCUT2D eigenvalue weighted by atomic mass is 10.2. The van der Waals surface area contributed by atoms with Crippen molar-refractivity contribution >= 4 is 35.0 Å². The molecular weight excluding hydrogens is 421 g/mol. The van der Waals surface area contributed by atoms with Crippen molar-refractivity contribution in [3.63, 3.8) is 0 Å². The molecule has 0 aliphatic carbocycles. The molecule has 0 bridgehead atoms. The summed E-state index contributed by atoms with van der Waals surface area (Å²) in [7, 11) is 1.88. The van der Waals surface area contributed by atoms with Crippen molar-refractivity contribution in [3.05, 3.63) is 64.1 Å². The van der Waals surface area contributed by atoms with Gasteiger partial charge in [-0.2, -0.15) is 4.98 Å². The van der Waals surface area contributed by atoms with Gasteiger partial charge in [0.15, 0.2) is 5.16 Å². The zero-order valence-corrected chi connectivity index (χ0v) is 16.9. The molecule has 1 aromatic carbocycles. The first kappa shape index (κ1) is 18.9. The molecule has 4 rings (SSSR count). The summed E-state index contributed by atoms with van der Waals surface area (Å²) in [6.07, 6.45) is 5.08. The van der Waals surface area contributed by atoms with E-state index in [0.29, 0.717) is 45.5 Å². The number of benzene rings is 1. The Morgan fingerprint density at radius 3 is 2.71 bits per heavy atom. The fraction of sp³-hybridized carbons (Fsp3) is 0.176. The van der Waals surface area contributed by atoms with Crippen LogP contribution in [0.15, 0.2) is 46.5 Å². The average Bonchev–Trinajstić information content (AvgIpc) is 3.30. The van der Waals surface area contributed by atoms with Gasteiger partial charge in [0, 0.05) is 35.2 Å². The van der Waals surface area contributed by atoms with E-state index in [1.165, 1.54) is 11.8 Å². The standard InChI is InChI=1S/C17H13Cl2N7OS/c1-26-14(7-15-22-16(25-27-15)13-8-20-5-6-21-13)23-24-17(26)28-9-10-11(18)3-2-4-12(10)19/h2-6,8H,7,9H2,1H3. The van der Waals surface area contributed by atoms with Crippen LogP contribution in [0.4, 0.5) is 0 Å². The largest absolute Gasteiger partial charge is 0.338 e. The Bertz CT molecular complexity index is 1080. The molecule has 0 spiro atoms. The van der Waals surface area contributed by atoms with Crippen LogP contribution >= 0.6 is 35.0 Å². The highest BCUT2D eigenvalue weighted by Crippen LogP contribution is 2.31. The zero-order valence-electron chi connectivity index (χ0n) is 14.6. The maximum Gasteiger partial charge on any atom is 0.234 e. The Hall–Kier alpha value is -2.49. The summed E-state index contributed by atoms with van der Waals surface area (Å²) < 4.78 is 7.17. The number of nitrogens with zero attached hydrogens (tertiary/aromatic N) is 7. The van der Waals surface area contributed by atoms with Gasteiger partial charge in [-0.25, -0.2) is 4.98 Å². The molecule has 3 aromatic heterocycles. The first-order valence-electron chi connectivity index (χ1n) is 8.14. The summed E-state index contributed by atoms with van der Waals surface area (Å²) in [4.78, 5) is 12.5. The molecule has 0 unspecified atom stereocenters. The van der Waals surface area contributed by atoms with Crippen molar-refractivity contribution in [1.29, 1.82) is 0 Å². The second-order valence-corrected chi connectivity index (χ2v) is 7.48. The van der Waals surface area contributed by atoms with Crippen molar-refractivity contribution in [1.82, 2.24) is 34.9 Å². The van der Waals surface area contributed by atoms with Crippen LogP contribution in [-0.2, 0) is 19.2 Å². The zero-order chi connectivity index (χ0) is 19.5. The minimum Gasteiger partial charge on any atom is -0.338 e. The van der Waals surface area contributed by atoms with E-state index in [1.54, 1.807) is 18.6 Å². The lowest BCUT2D eigenvalue weighted by Gasteiger charge is -2.06. The second-order valence-electron chi connectivity index (χ2n) is 5.73. The highest BCUT2D eigenvalue weighted by molar-refractivity contribution is 7.98. The van der Waals surface area contributed by atoms with Crippen LogP contribution in [-0.4, -0.2) is 34.9 Å². The van der Waals surface area contributed by atoms with Crippen molar-refractivity contribution in [2.75, 3.05) is 0 Å². The van der Waals surface area contributed by atoms with Gasteiger partial charge in [0.25, 0.3) is 0 Å². The molecule has 0 amide bonds. The van der Waals surface area contributed by atoms with Crippen LogP contribution in [0, 0.1) is 0 Å². The fourth-order valence-electron chi connectivity index (χ4n) is 2.41. The number of halogens is 2. The molecule has 142 valence electrons. The van der Waals surface area contributed by atoms with E-state index in [2.05, 4.69) is 30.3 Å². The maximum atomic E-state index is 6.22. The first-order valence-corrected chi connectivity index (χ1v) is 9.89. The number of thioether (sulfide) groups is 1. The molecule has 0 aliphatic heterocycles. The third-order valence-electron chi connectivity index (χ3n) is 3.90. The van der Waals surface area contributed by atoms with Crippen LogP contribution in [0.3, 0.4) is 0 Å². The van der Waals surface area contributed by atoms with Gasteiger partial charge in [0.05, 0.1) is 12.6 Å². The Morgan fingerprint density at radius 1 is 1.14 bits per heavy atom. The Balaban J connectivity index is 1.46. The van der Waals surface area contributed by atoms with Gasteiger partial charge in [0.2, 0.25) is 11.7 Å². The molecule has 3 heterocycles. The Morgan fingerprint density at radius 2 is 1.96 bits per heavy atom. The number of aromatic nitrogens is 7. The molecule has 4 aromatic rings. The maximum absolute atomic E-state index is 6.22. The van der Waals surface area contributed by atoms with Crippen LogP contribution in [0.1, 0.15) is 17.3 Å². The quantitative estimate of drug-likeness (QED) is 0.423. The molecule has 0 fully saturated rings. The number of rotatable bonds is 6. The summed E-state index contributed by atoms with van der Waals surface area (Å²) in [5.74, 6) is 2.08. The van der Waals surface area contributed by atoms with E-state index in [9.17, 15) is 0 Å². The molecule has 0 aliphatic rings. The van der Waals surface area contributed by atoms with E-state index in [4.69, 9.17) is 27.7 Å². The average molecular weight is 434 g/mol. The molecule has 0 radical (unpaired) electrons. The lowest BCUT2D eigenvalue weighted by molar-refractivity contribution is 0.382. The molecule has 0 atom stereocenters. The van der Waals surface area contributed by atoms with Crippen molar-refractivity contribution in [2.45, 2.75) is 17.3 Å². The smallest absolute Gasteiger partial charge is 0.234 e. The highest BCUT2D eigenvalue weighted by Gasteiger charge is 2.16. The molecule has 0 N–H and O–H groups in total. The third kappa shape index (κ3) is 4.01. The summed E-state index contributed by atoms with van der Waals surface area (Å²) in [5, 5.41) is 14.4. The minimum absolute atomic E-state index is 0.351. The van der Waals surface area contributed by atoms with Gasteiger partial charge in [-0.05, 0) is 17.7 Å². The molecule has 0 saturated heterocycles. The van der Waals surface area contributed by atoms with Crippen LogP contribution in [0.2, 0.25) is 10.0 Å². The normalized spacial score (nSPS) is 11.1. The van der Waals surface area contributed by atoms with Crippen LogP contribution in [0.5, 0.6) is 0 Å². The van der Waals surface area contributed by atoms with Gasteiger partial charge in [0.1, 0.15) is 11.5 Å². The van der Waals surface area contributed by atoms with E-state index in [0.717, 1.165) is 10.7 Å². The van der Waals surface area contributed by atoms with E-state index in [-0.39, 0.29) is 0 Å². The van der Waals surface area contributed by atoms with E-state index < -0.39 is 0 Å².